The third kappa shape index (κ3) is 5.88. The highest BCUT2D eigenvalue weighted by atomic mass is 35.5. The highest BCUT2D eigenvalue weighted by molar-refractivity contribution is 6.67. The van der Waals surface area contributed by atoms with Crippen LogP contribution < -0.4 is 22.5 Å². The second kappa shape index (κ2) is 8.78. The maximum absolute atomic E-state index is 11.3. The van der Waals surface area contributed by atoms with Crippen molar-refractivity contribution in [3.8, 4) is 0 Å². The topological polar surface area (TPSA) is 173 Å². The van der Waals surface area contributed by atoms with Crippen molar-refractivity contribution in [2.24, 2.45) is 27.2 Å². The van der Waals surface area contributed by atoms with Gasteiger partial charge < -0.3 is 22.5 Å². The summed E-state index contributed by atoms with van der Waals surface area (Å²) in [7, 11) is 0. The van der Waals surface area contributed by atoms with Gasteiger partial charge in [-0.15, -0.1) is 0 Å². The van der Waals surface area contributed by atoms with Crippen LogP contribution >= 0.6 is 11.6 Å². The number of primary amides is 2. The Labute approximate surface area is 149 Å². The van der Waals surface area contributed by atoms with Gasteiger partial charge in [-0.3, -0.25) is 15.0 Å². The number of guanidine groups is 1. The van der Waals surface area contributed by atoms with Gasteiger partial charge in [-0.2, -0.15) is 4.99 Å². The number of anilines is 1. The number of carbonyl (C=O) groups is 2. The lowest BCUT2D eigenvalue weighted by atomic mass is 10.2. The lowest BCUT2D eigenvalue weighted by Gasteiger charge is -2.11. The molecule has 9 nitrogen and oxygen atoms in total. The Morgan fingerprint density at radius 2 is 1.96 bits per heavy atom. The predicted molar refractivity (Wildman–Crippen MR) is 99.1 cm³/mol. The summed E-state index contributed by atoms with van der Waals surface area (Å²) in [5, 5.41) is 11.0. The molecule has 10 heteroatoms. The molecule has 1 atom stereocenters. The molecular weight excluding hydrogens is 346 g/mol. The minimum absolute atomic E-state index is 0.229. The van der Waals surface area contributed by atoms with Crippen LogP contribution in [0.5, 0.6) is 0 Å². The minimum Gasteiger partial charge on any atom is -0.368 e. The second-order valence-corrected chi connectivity index (χ2v) is 5.51. The molecule has 0 fully saturated rings. The number of nitrogens with two attached hydrogens (primary N) is 3. The molecule has 0 aromatic heterocycles. The van der Waals surface area contributed by atoms with Crippen LogP contribution in [0.15, 0.2) is 28.2 Å². The summed E-state index contributed by atoms with van der Waals surface area (Å²) in [4.78, 5) is 30.3. The van der Waals surface area contributed by atoms with E-state index in [-0.39, 0.29) is 11.8 Å². The van der Waals surface area contributed by atoms with Crippen molar-refractivity contribution < 1.29 is 9.59 Å². The fraction of sp³-hybridized carbons (Fsp3) is 0.267. The Bertz CT molecular complexity index is 758. The molecular formula is C15H20ClN7O2. The quantitative estimate of drug-likeness (QED) is 0.365. The van der Waals surface area contributed by atoms with Gasteiger partial charge in [-0.25, -0.2) is 4.99 Å². The molecule has 0 aliphatic heterocycles. The first-order valence-electron chi connectivity index (χ1n) is 7.28. The van der Waals surface area contributed by atoms with Crippen molar-refractivity contribution in [3.05, 3.63) is 28.8 Å². The van der Waals surface area contributed by atoms with Crippen LogP contribution in [0.25, 0.3) is 0 Å². The minimum atomic E-state index is -1.01. The summed E-state index contributed by atoms with van der Waals surface area (Å²) in [6.07, 6.45) is 0.329. The van der Waals surface area contributed by atoms with Gasteiger partial charge in [0.15, 0.2) is 11.5 Å². The van der Waals surface area contributed by atoms with E-state index in [1.807, 2.05) is 6.92 Å². The average Bonchev–Trinajstić information content (AvgIpc) is 2.54. The maximum atomic E-state index is 11.3. The number of aryl methyl sites for hydroxylation is 1. The lowest BCUT2D eigenvalue weighted by Crippen LogP contribution is -2.36. The van der Waals surface area contributed by atoms with Crippen molar-refractivity contribution in [1.82, 2.24) is 0 Å². The van der Waals surface area contributed by atoms with Gasteiger partial charge in [0.2, 0.25) is 11.9 Å². The van der Waals surface area contributed by atoms with Gasteiger partial charge in [0.05, 0.1) is 0 Å². The number of benzene rings is 1. The number of nitrogens with zero attached hydrogens (tertiary/aromatic N) is 2. The third-order valence-electron chi connectivity index (χ3n) is 3.15. The Hall–Kier alpha value is -2.94. The summed E-state index contributed by atoms with van der Waals surface area (Å²) in [5.74, 6) is -2.23. The Kier molecular flexibility index (Phi) is 7.06. The molecule has 0 radical (unpaired) electrons. The largest absolute Gasteiger partial charge is 0.368 e. The summed E-state index contributed by atoms with van der Waals surface area (Å²) >= 11 is 6.04. The molecule has 8 N–H and O–H groups in total. The zero-order valence-corrected chi connectivity index (χ0v) is 14.6. The van der Waals surface area contributed by atoms with Gasteiger partial charge in [0.25, 0.3) is 5.91 Å². The highest BCUT2D eigenvalue weighted by Crippen LogP contribution is 2.20. The number of aliphatic imine (C=N–C) groups is 2. The number of amidine groups is 1. The molecule has 1 rings (SSSR count). The van der Waals surface area contributed by atoms with E-state index >= 15 is 0 Å². The number of hydrogen-bond acceptors (Lipinski definition) is 4. The van der Waals surface area contributed by atoms with E-state index in [0.717, 1.165) is 5.56 Å². The molecule has 0 saturated heterocycles. The van der Waals surface area contributed by atoms with Crippen LogP contribution in [0.1, 0.15) is 18.9 Å². The summed E-state index contributed by atoms with van der Waals surface area (Å²) in [6.45, 7) is 3.53. The molecule has 1 aromatic rings. The monoisotopic (exact) mass is 365 g/mol. The number of carbonyl (C=O) groups excluding carboxylic acids is 2. The summed E-state index contributed by atoms with van der Waals surface area (Å²) in [5.41, 5.74) is 16.7. The number of hydrogen-bond donors (Lipinski definition) is 5. The van der Waals surface area contributed by atoms with Gasteiger partial charge >= 0.3 is 0 Å². The second-order valence-electron chi connectivity index (χ2n) is 5.10. The fourth-order valence-corrected chi connectivity index (χ4v) is 1.91. The first-order valence-corrected chi connectivity index (χ1v) is 7.66. The first-order chi connectivity index (χ1) is 11.6. The van der Waals surface area contributed by atoms with Crippen molar-refractivity contribution >= 4 is 46.6 Å². The number of halogens is 1. The molecule has 134 valence electrons. The van der Waals surface area contributed by atoms with E-state index in [2.05, 4.69) is 15.3 Å². The summed E-state index contributed by atoms with van der Waals surface area (Å²) < 4.78 is 0. The van der Waals surface area contributed by atoms with Crippen LogP contribution in [-0.4, -0.2) is 35.4 Å². The van der Waals surface area contributed by atoms with E-state index in [0.29, 0.717) is 17.1 Å². The van der Waals surface area contributed by atoms with Crippen LogP contribution in [0.4, 0.5) is 5.69 Å². The smallest absolute Gasteiger partial charge is 0.270 e. The van der Waals surface area contributed by atoms with Crippen LogP contribution in [-0.2, 0) is 9.59 Å². The van der Waals surface area contributed by atoms with Crippen LogP contribution in [0.2, 0.25) is 5.02 Å². The number of rotatable bonds is 6. The lowest BCUT2D eigenvalue weighted by molar-refractivity contribution is -0.119. The molecule has 0 unspecified atom stereocenters. The highest BCUT2D eigenvalue weighted by Gasteiger charge is 2.16. The molecule has 1 aromatic carbocycles. The van der Waals surface area contributed by atoms with Gasteiger partial charge in [-0.05, 0) is 31.0 Å². The van der Waals surface area contributed by atoms with Crippen molar-refractivity contribution in [2.75, 3.05) is 5.32 Å². The molecule has 0 bridgehead atoms. The van der Waals surface area contributed by atoms with Crippen molar-refractivity contribution in [2.45, 2.75) is 26.3 Å². The van der Waals surface area contributed by atoms with Gasteiger partial charge in [0.1, 0.15) is 6.04 Å². The van der Waals surface area contributed by atoms with E-state index < -0.39 is 23.6 Å². The maximum Gasteiger partial charge on any atom is 0.270 e. The SMILES string of the molecule is CC[C@@H](N=C(N)N=C(Nc1ccc(C)c(Cl)c1)C(=N)C(N)=O)C(N)=O. The van der Waals surface area contributed by atoms with Crippen LogP contribution in [0.3, 0.4) is 0 Å². The molecule has 25 heavy (non-hydrogen) atoms. The molecule has 0 spiro atoms. The van der Waals surface area contributed by atoms with E-state index in [9.17, 15) is 9.59 Å². The van der Waals surface area contributed by atoms with Gasteiger partial charge in [0, 0.05) is 10.7 Å². The molecule has 0 saturated carbocycles. The normalized spacial score (nSPS) is 13.2. The third-order valence-corrected chi connectivity index (χ3v) is 3.55. The van der Waals surface area contributed by atoms with Crippen LogP contribution in [0, 0.1) is 12.3 Å². The molecule has 0 heterocycles. The van der Waals surface area contributed by atoms with E-state index in [4.69, 9.17) is 34.2 Å². The standard InChI is InChI=1S/C15H20ClN7O2/c1-3-10(12(18)24)22-15(20)23-14(11(17)13(19)25)21-8-5-4-7(2)9(16)6-8/h4-6,10,17H,3H2,1-2H3,(H2,18,24)(H2,19,25)(H3,20,21,22,23)/t10-/m1/s1. The molecule has 0 aliphatic carbocycles. The zero-order valence-electron chi connectivity index (χ0n) is 13.8. The first kappa shape index (κ1) is 20.1. The zero-order chi connectivity index (χ0) is 19.1. The molecule has 0 aliphatic rings. The number of nitrogens with one attached hydrogen (secondary N) is 2. The fourth-order valence-electron chi connectivity index (χ4n) is 1.73. The summed E-state index contributed by atoms with van der Waals surface area (Å²) in [6, 6.07) is 4.15. The average molecular weight is 366 g/mol. The Balaban J connectivity index is 3.21. The van der Waals surface area contributed by atoms with Crippen molar-refractivity contribution in [3.63, 3.8) is 0 Å². The van der Waals surface area contributed by atoms with Gasteiger partial charge in [-0.1, -0.05) is 24.6 Å². The Morgan fingerprint density at radius 3 is 2.44 bits per heavy atom. The number of amides is 2. The van der Waals surface area contributed by atoms with E-state index in [1.54, 1.807) is 25.1 Å². The predicted octanol–water partition coefficient (Wildman–Crippen LogP) is 0.542. The van der Waals surface area contributed by atoms with E-state index in [1.165, 1.54) is 0 Å². The molecule has 2 amide bonds. The Morgan fingerprint density at radius 1 is 1.32 bits per heavy atom. The van der Waals surface area contributed by atoms with Crippen molar-refractivity contribution in [1.29, 1.82) is 5.41 Å².